The lowest BCUT2D eigenvalue weighted by molar-refractivity contribution is -0.134. The highest BCUT2D eigenvalue weighted by atomic mass is 16.3. The van der Waals surface area contributed by atoms with Crippen LogP contribution in [0.3, 0.4) is 0 Å². The molecular weight excluding hydrogens is 340 g/mol. The van der Waals surface area contributed by atoms with Gasteiger partial charge in [-0.25, -0.2) is 0 Å². The Morgan fingerprint density at radius 3 is 2.15 bits per heavy atom. The molecule has 2 aromatic carbocycles. The van der Waals surface area contributed by atoms with Gasteiger partial charge in [0.25, 0.3) is 5.91 Å². The van der Waals surface area contributed by atoms with Crippen LogP contribution in [0, 0.1) is 12.8 Å². The number of benzene rings is 2. The molecule has 2 atom stereocenters. The SMILES string of the molecule is Cc1cccc(-c2ccc(C(=O)N3CCN(C(=O)C4CC4O)CC3)cc2)c1. The minimum Gasteiger partial charge on any atom is -0.392 e. The van der Waals surface area contributed by atoms with E-state index in [1.165, 1.54) is 5.56 Å². The van der Waals surface area contributed by atoms with Crippen molar-refractivity contribution in [1.29, 1.82) is 0 Å². The average molecular weight is 364 g/mol. The first-order chi connectivity index (χ1) is 13.0. The Bertz CT molecular complexity index is 854. The minimum atomic E-state index is -0.468. The molecule has 1 aliphatic carbocycles. The number of rotatable bonds is 3. The van der Waals surface area contributed by atoms with E-state index in [4.69, 9.17) is 0 Å². The van der Waals surface area contributed by atoms with Crippen molar-refractivity contribution in [3.05, 3.63) is 59.7 Å². The Labute approximate surface area is 159 Å². The molecule has 5 heteroatoms. The fourth-order valence-electron chi connectivity index (χ4n) is 3.62. The lowest BCUT2D eigenvalue weighted by Crippen LogP contribution is -2.51. The molecule has 2 fully saturated rings. The van der Waals surface area contributed by atoms with E-state index >= 15 is 0 Å². The standard InChI is InChI=1S/C22H24N2O3/c1-15-3-2-4-18(13-15)16-5-7-17(8-6-16)21(26)23-9-11-24(12-10-23)22(27)19-14-20(19)25/h2-8,13,19-20,25H,9-12,14H2,1H3. The zero-order valence-corrected chi connectivity index (χ0v) is 15.5. The molecule has 2 aromatic rings. The number of carbonyl (C=O) groups excluding carboxylic acids is 2. The van der Waals surface area contributed by atoms with E-state index in [1.54, 1.807) is 9.80 Å². The molecule has 5 nitrogen and oxygen atoms in total. The van der Waals surface area contributed by atoms with Crippen LogP contribution in [0.1, 0.15) is 22.3 Å². The van der Waals surface area contributed by atoms with E-state index in [1.807, 2.05) is 30.3 Å². The summed E-state index contributed by atoms with van der Waals surface area (Å²) in [6.45, 7) is 4.21. The molecule has 1 N–H and O–H groups in total. The molecule has 0 bridgehead atoms. The molecule has 0 radical (unpaired) electrons. The highest BCUT2D eigenvalue weighted by molar-refractivity contribution is 5.95. The van der Waals surface area contributed by atoms with Gasteiger partial charge in [-0.05, 0) is 36.6 Å². The van der Waals surface area contributed by atoms with Crippen molar-refractivity contribution in [3.63, 3.8) is 0 Å². The zero-order valence-electron chi connectivity index (χ0n) is 15.5. The van der Waals surface area contributed by atoms with Crippen molar-refractivity contribution in [2.45, 2.75) is 19.4 Å². The molecule has 1 aliphatic heterocycles. The van der Waals surface area contributed by atoms with Crippen LogP contribution in [-0.2, 0) is 4.79 Å². The van der Waals surface area contributed by atoms with E-state index in [9.17, 15) is 14.7 Å². The van der Waals surface area contributed by atoms with Crippen molar-refractivity contribution in [1.82, 2.24) is 9.80 Å². The van der Waals surface area contributed by atoms with Crippen LogP contribution in [0.4, 0.5) is 0 Å². The number of hydrogen-bond donors (Lipinski definition) is 1. The predicted octanol–water partition coefficient (Wildman–Crippen LogP) is 2.33. The Kier molecular flexibility index (Phi) is 4.70. The van der Waals surface area contributed by atoms with Crippen LogP contribution in [0.5, 0.6) is 0 Å². The summed E-state index contributed by atoms with van der Waals surface area (Å²) in [6, 6.07) is 16.0. The number of aliphatic hydroxyl groups excluding tert-OH is 1. The summed E-state index contributed by atoms with van der Waals surface area (Å²) in [5.74, 6) is -0.192. The van der Waals surface area contributed by atoms with Gasteiger partial charge in [-0.2, -0.15) is 0 Å². The normalized spacial score (nSPS) is 21.9. The van der Waals surface area contributed by atoms with Gasteiger partial charge in [0.15, 0.2) is 0 Å². The zero-order chi connectivity index (χ0) is 19.0. The van der Waals surface area contributed by atoms with Crippen molar-refractivity contribution >= 4 is 11.8 Å². The molecule has 1 saturated heterocycles. The number of nitrogens with zero attached hydrogens (tertiary/aromatic N) is 2. The largest absolute Gasteiger partial charge is 0.392 e. The van der Waals surface area contributed by atoms with Gasteiger partial charge in [-0.1, -0.05) is 42.0 Å². The van der Waals surface area contributed by atoms with Gasteiger partial charge in [0.1, 0.15) is 0 Å². The summed E-state index contributed by atoms with van der Waals surface area (Å²) in [4.78, 5) is 28.5. The molecule has 140 valence electrons. The van der Waals surface area contributed by atoms with Crippen LogP contribution in [-0.4, -0.2) is 59.0 Å². The van der Waals surface area contributed by atoms with E-state index in [-0.39, 0.29) is 17.7 Å². The molecule has 2 aliphatic rings. The third kappa shape index (κ3) is 3.74. The Balaban J connectivity index is 1.38. The minimum absolute atomic E-state index is 0.00403. The summed E-state index contributed by atoms with van der Waals surface area (Å²) in [5.41, 5.74) is 4.11. The highest BCUT2D eigenvalue weighted by Gasteiger charge is 2.44. The van der Waals surface area contributed by atoms with Crippen molar-refractivity contribution in [3.8, 4) is 11.1 Å². The molecule has 0 spiro atoms. The summed E-state index contributed by atoms with van der Waals surface area (Å²) in [7, 11) is 0. The fraction of sp³-hybridized carbons (Fsp3) is 0.364. The molecule has 0 aromatic heterocycles. The number of carbonyl (C=O) groups is 2. The van der Waals surface area contributed by atoms with Gasteiger partial charge >= 0.3 is 0 Å². The summed E-state index contributed by atoms with van der Waals surface area (Å²) < 4.78 is 0. The third-order valence-electron chi connectivity index (χ3n) is 5.44. The number of aliphatic hydroxyl groups is 1. The van der Waals surface area contributed by atoms with Gasteiger partial charge in [0.05, 0.1) is 12.0 Å². The van der Waals surface area contributed by atoms with Crippen LogP contribution in [0.25, 0.3) is 11.1 Å². The van der Waals surface area contributed by atoms with E-state index in [0.717, 1.165) is 11.1 Å². The number of hydrogen-bond acceptors (Lipinski definition) is 3. The monoisotopic (exact) mass is 364 g/mol. The van der Waals surface area contributed by atoms with Gasteiger partial charge in [0, 0.05) is 31.7 Å². The fourth-order valence-corrected chi connectivity index (χ4v) is 3.62. The van der Waals surface area contributed by atoms with Crippen molar-refractivity contribution in [2.24, 2.45) is 5.92 Å². The Hall–Kier alpha value is -2.66. The predicted molar refractivity (Wildman–Crippen MR) is 103 cm³/mol. The summed E-state index contributed by atoms with van der Waals surface area (Å²) >= 11 is 0. The maximum Gasteiger partial charge on any atom is 0.253 e. The molecule has 2 amide bonds. The van der Waals surface area contributed by atoms with Crippen molar-refractivity contribution in [2.75, 3.05) is 26.2 Å². The molecular formula is C22H24N2O3. The molecule has 1 heterocycles. The van der Waals surface area contributed by atoms with E-state index in [2.05, 4.69) is 25.1 Å². The second kappa shape index (κ2) is 7.16. The smallest absolute Gasteiger partial charge is 0.253 e. The second-order valence-corrected chi connectivity index (χ2v) is 7.47. The first-order valence-electron chi connectivity index (χ1n) is 9.46. The summed E-state index contributed by atoms with van der Waals surface area (Å²) in [5, 5.41) is 9.42. The quantitative estimate of drug-likeness (QED) is 0.909. The molecule has 2 unspecified atom stereocenters. The Morgan fingerprint density at radius 2 is 1.56 bits per heavy atom. The molecule has 1 saturated carbocycles. The molecule has 27 heavy (non-hydrogen) atoms. The molecule has 4 rings (SSSR count). The van der Waals surface area contributed by atoms with Crippen LogP contribution in [0.15, 0.2) is 48.5 Å². The van der Waals surface area contributed by atoms with E-state index in [0.29, 0.717) is 38.2 Å². The number of amides is 2. The van der Waals surface area contributed by atoms with Crippen LogP contribution in [0.2, 0.25) is 0 Å². The number of piperazine rings is 1. The Morgan fingerprint density at radius 1 is 0.926 bits per heavy atom. The maximum absolute atomic E-state index is 12.8. The van der Waals surface area contributed by atoms with Gasteiger partial charge < -0.3 is 14.9 Å². The van der Waals surface area contributed by atoms with Crippen molar-refractivity contribution < 1.29 is 14.7 Å². The third-order valence-corrected chi connectivity index (χ3v) is 5.44. The van der Waals surface area contributed by atoms with E-state index < -0.39 is 6.10 Å². The first-order valence-corrected chi connectivity index (χ1v) is 9.46. The first kappa shape index (κ1) is 17.7. The van der Waals surface area contributed by atoms with Gasteiger partial charge in [-0.3, -0.25) is 9.59 Å². The van der Waals surface area contributed by atoms with Crippen LogP contribution < -0.4 is 0 Å². The average Bonchev–Trinajstić information content (AvgIpc) is 3.44. The summed E-state index contributed by atoms with van der Waals surface area (Å²) in [6.07, 6.45) is 0.106. The second-order valence-electron chi connectivity index (χ2n) is 7.47. The highest BCUT2D eigenvalue weighted by Crippen LogP contribution is 2.32. The topological polar surface area (TPSA) is 60.9 Å². The van der Waals surface area contributed by atoms with Crippen LogP contribution >= 0.6 is 0 Å². The van der Waals surface area contributed by atoms with Gasteiger partial charge in [0.2, 0.25) is 5.91 Å². The lowest BCUT2D eigenvalue weighted by atomic mass is 10.0. The number of aryl methyl sites for hydroxylation is 1. The van der Waals surface area contributed by atoms with Gasteiger partial charge in [-0.15, -0.1) is 0 Å². The lowest BCUT2D eigenvalue weighted by Gasteiger charge is -2.35. The maximum atomic E-state index is 12.8.